The van der Waals surface area contributed by atoms with Gasteiger partial charge in [0.1, 0.15) is 23.3 Å². The number of para-hydroxylation sites is 1. The van der Waals surface area contributed by atoms with Crippen LogP contribution in [0.15, 0.2) is 109 Å². The van der Waals surface area contributed by atoms with Gasteiger partial charge in [0.05, 0.1) is 33.4 Å². The van der Waals surface area contributed by atoms with E-state index in [1.807, 2.05) is 37.3 Å². The van der Waals surface area contributed by atoms with Gasteiger partial charge in [0.25, 0.3) is 0 Å². The molecule has 2 aromatic heterocycles. The number of nitrogens with zero attached hydrogens (tertiary/aromatic N) is 3. The molecule has 0 N–H and O–H groups in total. The topological polar surface area (TPSA) is 33.6 Å². The van der Waals surface area contributed by atoms with Crippen molar-refractivity contribution in [2.24, 2.45) is 0 Å². The first-order chi connectivity index (χ1) is 21.8. The molecule has 0 aliphatic rings. The van der Waals surface area contributed by atoms with Crippen LogP contribution in [0.1, 0.15) is 22.3 Å². The minimum Gasteiger partial charge on any atom is -0.308 e. The first kappa shape index (κ1) is 26.9. The second-order valence-corrected chi connectivity index (χ2v) is 11.9. The van der Waals surface area contributed by atoms with Crippen molar-refractivity contribution < 1.29 is 8.78 Å². The number of halogens is 2. The molecule has 0 aliphatic heterocycles. The minimum absolute atomic E-state index is 0.359. The Morgan fingerprint density at radius 3 is 1.60 bits per heavy atom. The van der Waals surface area contributed by atoms with Crippen molar-refractivity contribution in [3.05, 3.63) is 143 Å². The van der Waals surface area contributed by atoms with Crippen molar-refractivity contribution in [1.82, 2.24) is 9.13 Å². The fraction of sp³-hybridized carbons (Fsp3) is 0.0750. The Labute approximate surface area is 258 Å². The summed E-state index contributed by atoms with van der Waals surface area (Å²) in [4.78, 5) is 0. The number of rotatable bonds is 3. The van der Waals surface area contributed by atoms with Gasteiger partial charge in [-0.2, -0.15) is 5.26 Å². The van der Waals surface area contributed by atoms with Crippen molar-refractivity contribution in [2.45, 2.75) is 20.8 Å². The highest BCUT2D eigenvalue weighted by molar-refractivity contribution is 6.12. The summed E-state index contributed by atoms with van der Waals surface area (Å²) in [5.41, 5.74) is 9.66. The second kappa shape index (κ2) is 9.90. The summed E-state index contributed by atoms with van der Waals surface area (Å²) in [5, 5.41) is 15.3. The lowest BCUT2D eigenvalue weighted by molar-refractivity contribution is 0.584. The van der Waals surface area contributed by atoms with Gasteiger partial charge in [-0.1, -0.05) is 60.7 Å². The van der Waals surface area contributed by atoms with Crippen LogP contribution in [-0.2, 0) is 0 Å². The normalized spacial score (nSPS) is 11.6. The molecule has 0 amide bonds. The Balaban J connectivity index is 1.59. The van der Waals surface area contributed by atoms with E-state index >= 15 is 0 Å². The van der Waals surface area contributed by atoms with Gasteiger partial charge in [-0.15, -0.1) is 0 Å². The number of nitriles is 1. The number of aromatic nitrogens is 2. The molecule has 6 aromatic carbocycles. The van der Waals surface area contributed by atoms with Crippen LogP contribution in [0.25, 0.3) is 66.1 Å². The van der Waals surface area contributed by atoms with Crippen molar-refractivity contribution in [3.63, 3.8) is 0 Å². The van der Waals surface area contributed by atoms with Crippen LogP contribution in [0, 0.1) is 43.7 Å². The van der Waals surface area contributed by atoms with Crippen LogP contribution in [0.3, 0.4) is 0 Å². The van der Waals surface area contributed by atoms with Crippen molar-refractivity contribution in [1.29, 1.82) is 5.26 Å². The molecule has 0 fully saturated rings. The van der Waals surface area contributed by atoms with Gasteiger partial charge >= 0.3 is 0 Å². The molecule has 5 heteroatoms. The van der Waals surface area contributed by atoms with E-state index in [4.69, 9.17) is 0 Å². The highest BCUT2D eigenvalue weighted by atomic mass is 19.1. The number of benzene rings is 6. The highest BCUT2D eigenvalue weighted by Crippen LogP contribution is 2.42. The summed E-state index contributed by atoms with van der Waals surface area (Å²) in [5.74, 6) is -1.35. The summed E-state index contributed by atoms with van der Waals surface area (Å²) < 4.78 is 33.7. The summed E-state index contributed by atoms with van der Waals surface area (Å²) in [6.07, 6.45) is 0. The smallest absolute Gasteiger partial charge is 0.126 e. The van der Waals surface area contributed by atoms with Crippen molar-refractivity contribution >= 4 is 43.6 Å². The van der Waals surface area contributed by atoms with Gasteiger partial charge in [0.2, 0.25) is 0 Å². The largest absolute Gasteiger partial charge is 0.308 e. The molecule has 0 aliphatic carbocycles. The van der Waals surface area contributed by atoms with Crippen LogP contribution < -0.4 is 0 Å². The maximum absolute atomic E-state index is 14.7. The molecule has 0 atom stereocenters. The molecule has 8 rings (SSSR count). The Morgan fingerprint density at radius 1 is 0.533 bits per heavy atom. The summed E-state index contributed by atoms with van der Waals surface area (Å²) in [6.45, 7) is 6.16. The first-order valence-corrected chi connectivity index (χ1v) is 14.9. The zero-order chi connectivity index (χ0) is 31.0. The molecule has 0 radical (unpaired) electrons. The molecule has 0 unspecified atom stereocenters. The number of aryl methyl sites for hydroxylation is 3. The van der Waals surface area contributed by atoms with E-state index in [-0.39, 0.29) is 0 Å². The average Bonchev–Trinajstić information content (AvgIpc) is 3.50. The number of hydrogen-bond acceptors (Lipinski definition) is 1. The van der Waals surface area contributed by atoms with E-state index < -0.39 is 11.6 Å². The maximum Gasteiger partial charge on any atom is 0.126 e. The van der Waals surface area contributed by atoms with Crippen LogP contribution in [0.5, 0.6) is 0 Å². The van der Waals surface area contributed by atoms with E-state index in [0.29, 0.717) is 28.1 Å². The quantitative estimate of drug-likeness (QED) is 0.202. The van der Waals surface area contributed by atoms with Crippen LogP contribution >= 0.6 is 0 Å². The molecular formula is C40H27F2N3. The molecule has 0 spiro atoms. The van der Waals surface area contributed by atoms with E-state index in [2.05, 4.69) is 89.7 Å². The molecule has 8 aromatic rings. The monoisotopic (exact) mass is 587 g/mol. The fourth-order valence-electron chi connectivity index (χ4n) is 6.87. The number of fused-ring (bicyclic) bond motifs is 6. The van der Waals surface area contributed by atoms with Crippen LogP contribution in [-0.4, -0.2) is 9.13 Å². The Hall–Kier alpha value is -5.73. The first-order valence-electron chi connectivity index (χ1n) is 14.9. The van der Waals surface area contributed by atoms with Crippen molar-refractivity contribution in [2.75, 3.05) is 0 Å². The molecule has 45 heavy (non-hydrogen) atoms. The van der Waals surface area contributed by atoms with Gasteiger partial charge in [0.15, 0.2) is 0 Å². The Bertz CT molecular complexity index is 2480. The third kappa shape index (κ3) is 4.07. The van der Waals surface area contributed by atoms with E-state index in [1.54, 1.807) is 0 Å². The zero-order valence-corrected chi connectivity index (χ0v) is 25.0. The lowest BCUT2D eigenvalue weighted by atomic mass is 9.97. The summed E-state index contributed by atoms with van der Waals surface area (Å²) in [7, 11) is 0. The molecule has 2 heterocycles. The van der Waals surface area contributed by atoms with Gasteiger partial charge in [0, 0.05) is 33.2 Å². The maximum atomic E-state index is 14.7. The van der Waals surface area contributed by atoms with Crippen molar-refractivity contribution in [3.8, 4) is 28.6 Å². The predicted molar refractivity (Wildman–Crippen MR) is 179 cm³/mol. The molecule has 216 valence electrons. The summed E-state index contributed by atoms with van der Waals surface area (Å²) >= 11 is 0. The molecule has 0 saturated heterocycles. The van der Waals surface area contributed by atoms with Crippen LogP contribution in [0.4, 0.5) is 8.78 Å². The minimum atomic E-state index is -0.676. The standard InChI is InChI=1S/C40H27F2N3/c1-23-9-12-32-33-13-10-24(2)17-38(33)44(37(32)16-23)36-15-14-29(26-19-27(41)21-28(42)20-26)40(34(36)22-43)45-35-7-5-4-6-30(35)31-11-8-25(3)18-39(31)45/h4-21H,1-3H3. The molecule has 0 saturated carbocycles. The van der Waals surface area contributed by atoms with E-state index in [1.165, 1.54) is 12.1 Å². The summed E-state index contributed by atoms with van der Waals surface area (Å²) in [6, 6.07) is 37.0. The molecule has 0 bridgehead atoms. The Kier molecular flexibility index (Phi) is 5.91. The number of hydrogen-bond donors (Lipinski definition) is 0. The molecule has 3 nitrogen and oxygen atoms in total. The van der Waals surface area contributed by atoms with Gasteiger partial charge in [-0.25, -0.2) is 8.78 Å². The van der Waals surface area contributed by atoms with Gasteiger partial charge in [-0.05, 0) is 85.5 Å². The van der Waals surface area contributed by atoms with Gasteiger partial charge < -0.3 is 9.13 Å². The average molecular weight is 588 g/mol. The van der Waals surface area contributed by atoms with E-state index in [0.717, 1.165) is 66.4 Å². The zero-order valence-electron chi connectivity index (χ0n) is 25.0. The third-order valence-electron chi connectivity index (χ3n) is 8.81. The predicted octanol–water partition coefficient (Wildman–Crippen LogP) is 10.6. The lowest BCUT2D eigenvalue weighted by Crippen LogP contribution is -2.06. The SMILES string of the molecule is Cc1ccc2c3ccc(C)cc3n(-c3ccc(-c4cc(F)cc(F)c4)c(-n4c5ccccc5c5ccc(C)cc54)c3C#N)c2c1. The highest BCUT2D eigenvalue weighted by Gasteiger charge is 2.24. The second-order valence-electron chi connectivity index (χ2n) is 11.9. The third-order valence-corrected chi connectivity index (χ3v) is 8.81. The Morgan fingerprint density at radius 2 is 1.04 bits per heavy atom. The van der Waals surface area contributed by atoms with Crippen LogP contribution in [0.2, 0.25) is 0 Å². The van der Waals surface area contributed by atoms with Gasteiger partial charge in [-0.3, -0.25) is 0 Å². The fourth-order valence-corrected chi connectivity index (χ4v) is 6.87. The van der Waals surface area contributed by atoms with E-state index in [9.17, 15) is 14.0 Å². The lowest BCUT2D eigenvalue weighted by Gasteiger charge is -2.20. The molecular weight excluding hydrogens is 560 g/mol.